The largest absolute Gasteiger partial charge is 0.354 e. The summed E-state index contributed by atoms with van der Waals surface area (Å²) in [5, 5.41) is 2.98. The molecule has 4 rings (SSSR count). The molecular formula is C35H38FN3O4S. The summed E-state index contributed by atoms with van der Waals surface area (Å²) in [6.07, 6.45) is 1.90. The summed E-state index contributed by atoms with van der Waals surface area (Å²) in [7, 11) is -4.23. The van der Waals surface area contributed by atoms with Crippen molar-refractivity contribution in [3.05, 3.63) is 132 Å². The Labute approximate surface area is 259 Å². The molecule has 0 aromatic heterocycles. The normalized spacial score (nSPS) is 11.9. The number of halogens is 1. The lowest BCUT2D eigenvalue weighted by Crippen LogP contribution is -2.53. The molecule has 4 aromatic rings. The summed E-state index contributed by atoms with van der Waals surface area (Å²) in [5.74, 6) is -1.42. The Hall–Kier alpha value is -4.50. The van der Waals surface area contributed by atoms with Gasteiger partial charge in [-0.3, -0.25) is 13.9 Å². The van der Waals surface area contributed by atoms with Crippen molar-refractivity contribution in [3.63, 3.8) is 0 Å². The Balaban J connectivity index is 1.77. The zero-order valence-electron chi connectivity index (χ0n) is 25.0. The Kier molecular flexibility index (Phi) is 11.3. The van der Waals surface area contributed by atoms with Gasteiger partial charge in [-0.05, 0) is 60.9 Å². The van der Waals surface area contributed by atoms with Crippen LogP contribution in [0.1, 0.15) is 36.5 Å². The van der Waals surface area contributed by atoms with Crippen molar-refractivity contribution < 1.29 is 22.4 Å². The summed E-state index contributed by atoms with van der Waals surface area (Å²) < 4.78 is 42.7. The molecule has 1 N–H and O–H groups in total. The number of hydrogen-bond acceptors (Lipinski definition) is 4. The number of amides is 2. The van der Waals surface area contributed by atoms with Crippen LogP contribution in [0.2, 0.25) is 0 Å². The first kappa shape index (κ1) is 32.4. The highest BCUT2D eigenvalue weighted by Gasteiger charge is 2.34. The number of nitrogens with zero attached hydrogens (tertiary/aromatic N) is 2. The van der Waals surface area contributed by atoms with E-state index in [9.17, 15) is 22.4 Å². The summed E-state index contributed by atoms with van der Waals surface area (Å²) in [5.41, 5.74) is 2.83. The molecular weight excluding hydrogens is 577 g/mol. The maximum Gasteiger partial charge on any atom is 0.264 e. The average Bonchev–Trinajstić information content (AvgIpc) is 3.03. The number of rotatable bonds is 14. The number of benzene rings is 4. The van der Waals surface area contributed by atoms with Gasteiger partial charge in [-0.15, -0.1) is 0 Å². The van der Waals surface area contributed by atoms with E-state index >= 15 is 0 Å². The van der Waals surface area contributed by atoms with Crippen LogP contribution in [0.15, 0.2) is 114 Å². The molecule has 1 atom stereocenters. The molecule has 0 aliphatic heterocycles. The lowest BCUT2D eigenvalue weighted by atomic mass is 10.0. The highest BCUT2D eigenvalue weighted by Crippen LogP contribution is 2.25. The molecule has 0 aliphatic carbocycles. The van der Waals surface area contributed by atoms with Gasteiger partial charge in [0.25, 0.3) is 10.0 Å². The zero-order chi connectivity index (χ0) is 31.5. The highest BCUT2D eigenvalue weighted by molar-refractivity contribution is 7.92. The second-order valence-electron chi connectivity index (χ2n) is 10.7. The van der Waals surface area contributed by atoms with Crippen molar-refractivity contribution in [3.8, 4) is 0 Å². The van der Waals surface area contributed by atoms with Crippen LogP contribution in [0.3, 0.4) is 0 Å². The van der Waals surface area contributed by atoms with E-state index in [1.54, 1.807) is 18.2 Å². The fourth-order valence-corrected chi connectivity index (χ4v) is 6.24. The number of nitrogens with one attached hydrogen (secondary N) is 1. The van der Waals surface area contributed by atoms with Crippen LogP contribution in [-0.2, 0) is 32.6 Å². The summed E-state index contributed by atoms with van der Waals surface area (Å²) in [6, 6.07) is 28.9. The third kappa shape index (κ3) is 8.54. The standard InChI is InChI=1S/C35H38FN3O4S/c1-3-4-23-37-35(41)33(24-28-11-7-5-8-12-28)38(25-29-17-15-27(2)16-18-29)34(40)26-39(31-21-19-30(36)20-22-31)44(42,43)32-13-9-6-10-14-32/h5-22,33H,3-4,23-26H2,1-2H3,(H,37,41)/t33-/m0/s1. The van der Waals surface area contributed by atoms with Crippen LogP contribution < -0.4 is 9.62 Å². The third-order valence-electron chi connectivity index (χ3n) is 7.30. The molecule has 0 spiro atoms. The van der Waals surface area contributed by atoms with E-state index in [2.05, 4.69) is 5.32 Å². The number of unbranched alkanes of at least 4 members (excludes halogenated alkanes) is 1. The lowest BCUT2D eigenvalue weighted by molar-refractivity contribution is -0.140. The van der Waals surface area contributed by atoms with Gasteiger partial charge in [-0.25, -0.2) is 12.8 Å². The van der Waals surface area contributed by atoms with Gasteiger partial charge in [0.05, 0.1) is 10.6 Å². The van der Waals surface area contributed by atoms with E-state index in [1.807, 2.05) is 68.4 Å². The summed E-state index contributed by atoms with van der Waals surface area (Å²) in [4.78, 5) is 29.6. The third-order valence-corrected chi connectivity index (χ3v) is 9.09. The molecule has 0 heterocycles. The minimum Gasteiger partial charge on any atom is -0.354 e. The number of sulfonamides is 1. The number of aryl methyl sites for hydroxylation is 1. The predicted molar refractivity (Wildman–Crippen MR) is 171 cm³/mol. The van der Waals surface area contributed by atoms with Gasteiger partial charge in [-0.1, -0.05) is 91.7 Å². The Bertz CT molecular complexity index is 1610. The van der Waals surface area contributed by atoms with Crippen molar-refractivity contribution in [1.29, 1.82) is 0 Å². The molecule has 7 nitrogen and oxygen atoms in total. The van der Waals surface area contributed by atoms with E-state index in [0.29, 0.717) is 6.54 Å². The van der Waals surface area contributed by atoms with Crippen molar-refractivity contribution in [2.24, 2.45) is 0 Å². The first-order valence-electron chi connectivity index (χ1n) is 14.7. The smallest absolute Gasteiger partial charge is 0.264 e. The SMILES string of the molecule is CCCCNC(=O)[C@H](Cc1ccccc1)N(Cc1ccc(C)cc1)C(=O)CN(c1ccc(F)cc1)S(=O)(=O)c1ccccc1. The molecule has 0 fully saturated rings. The van der Waals surface area contributed by atoms with E-state index in [1.165, 1.54) is 29.2 Å². The molecule has 230 valence electrons. The fourth-order valence-electron chi connectivity index (χ4n) is 4.81. The summed E-state index contributed by atoms with van der Waals surface area (Å²) in [6.45, 7) is 3.93. The molecule has 0 aliphatic rings. The van der Waals surface area contributed by atoms with Crippen LogP contribution in [0.4, 0.5) is 10.1 Å². The van der Waals surface area contributed by atoms with Gasteiger partial charge in [0.1, 0.15) is 18.4 Å². The van der Waals surface area contributed by atoms with Crippen LogP contribution in [-0.4, -0.2) is 44.3 Å². The topological polar surface area (TPSA) is 86.8 Å². The Morgan fingerprint density at radius 3 is 2.05 bits per heavy atom. The molecule has 0 unspecified atom stereocenters. The molecule has 2 amide bonds. The van der Waals surface area contributed by atoms with Gasteiger partial charge in [-0.2, -0.15) is 0 Å². The second-order valence-corrected chi connectivity index (χ2v) is 12.5. The molecule has 44 heavy (non-hydrogen) atoms. The number of anilines is 1. The van der Waals surface area contributed by atoms with Crippen molar-refractivity contribution in [1.82, 2.24) is 10.2 Å². The zero-order valence-corrected chi connectivity index (χ0v) is 25.8. The van der Waals surface area contributed by atoms with Gasteiger partial charge in [0, 0.05) is 19.5 Å². The first-order valence-corrected chi connectivity index (χ1v) is 16.1. The van der Waals surface area contributed by atoms with Gasteiger partial charge < -0.3 is 10.2 Å². The molecule has 0 bridgehead atoms. The second kappa shape index (κ2) is 15.3. The van der Waals surface area contributed by atoms with E-state index in [4.69, 9.17) is 0 Å². The van der Waals surface area contributed by atoms with Crippen molar-refractivity contribution in [2.75, 3.05) is 17.4 Å². The minimum atomic E-state index is -4.23. The minimum absolute atomic E-state index is 0.0136. The van der Waals surface area contributed by atoms with Crippen LogP contribution in [0, 0.1) is 12.7 Å². The maximum atomic E-state index is 14.4. The number of carbonyl (C=O) groups is 2. The van der Waals surface area contributed by atoms with Gasteiger partial charge in [0.15, 0.2) is 0 Å². The highest BCUT2D eigenvalue weighted by atomic mass is 32.2. The number of carbonyl (C=O) groups excluding carboxylic acids is 2. The molecule has 0 saturated heterocycles. The molecule has 0 radical (unpaired) electrons. The van der Waals surface area contributed by atoms with Crippen LogP contribution in [0.25, 0.3) is 0 Å². The maximum absolute atomic E-state index is 14.4. The first-order chi connectivity index (χ1) is 21.2. The van der Waals surface area contributed by atoms with E-state index in [0.717, 1.165) is 46.0 Å². The Morgan fingerprint density at radius 2 is 1.43 bits per heavy atom. The Morgan fingerprint density at radius 1 is 0.818 bits per heavy atom. The van der Waals surface area contributed by atoms with E-state index in [-0.39, 0.29) is 29.5 Å². The molecule has 0 saturated carbocycles. The van der Waals surface area contributed by atoms with E-state index < -0.39 is 34.3 Å². The number of hydrogen-bond donors (Lipinski definition) is 1. The van der Waals surface area contributed by atoms with Crippen molar-refractivity contribution in [2.45, 2.75) is 50.6 Å². The average molecular weight is 616 g/mol. The quantitative estimate of drug-likeness (QED) is 0.179. The molecule has 4 aromatic carbocycles. The van der Waals surface area contributed by atoms with Gasteiger partial charge >= 0.3 is 0 Å². The van der Waals surface area contributed by atoms with Crippen molar-refractivity contribution >= 4 is 27.5 Å². The monoisotopic (exact) mass is 615 g/mol. The molecule has 9 heteroatoms. The lowest BCUT2D eigenvalue weighted by Gasteiger charge is -2.34. The van der Waals surface area contributed by atoms with Gasteiger partial charge in [0.2, 0.25) is 11.8 Å². The fraction of sp³-hybridized carbons (Fsp3) is 0.257. The van der Waals surface area contributed by atoms with Crippen LogP contribution in [0.5, 0.6) is 0 Å². The van der Waals surface area contributed by atoms with Crippen LogP contribution >= 0.6 is 0 Å². The summed E-state index contributed by atoms with van der Waals surface area (Å²) >= 11 is 0. The predicted octanol–water partition coefficient (Wildman–Crippen LogP) is 5.89.